The zero-order chi connectivity index (χ0) is 17.0. The number of amides is 1. The topological polar surface area (TPSA) is 68.3 Å². The highest BCUT2D eigenvalue weighted by molar-refractivity contribution is 5.94. The van der Waals surface area contributed by atoms with Crippen molar-refractivity contribution in [3.8, 4) is 0 Å². The number of fused-ring (bicyclic) bond motifs is 1. The van der Waals surface area contributed by atoms with E-state index in [0.29, 0.717) is 18.2 Å². The molecular formula is C18H20N6O. The van der Waals surface area contributed by atoms with Gasteiger partial charge in [-0.2, -0.15) is 0 Å². The average Bonchev–Trinajstić information content (AvgIpc) is 3.05. The zero-order valence-corrected chi connectivity index (χ0v) is 14.2. The lowest BCUT2D eigenvalue weighted by molar-refractivity contribution is 0.0779. The molecule has 25 heavy (non-hydrogen) atoms. The molecule has 128 valence electrons. The molecule has 5 rings (SSSR count). The average molecular weight is 336 g/mol. The summed E-state index contributed by atoms with van der Waals surface area (Å²) < 4.78 is 3.83. The first kappa shape index (κ1) is 14.6. The third-order valence-electron chi connectivity index (χ3n) is 5.26. The van der Waals surface area contributed by atoms with E-state index in [1.807, 2.05) is 45.3 Å². The molecule has 1 aliphatic carbocycles. The Labute approximate surface area is 145 Å². The van der Waals surface area contributed by atoms with Gasteiger partial charge in [0.25, 0.3) is 5.91 Å². The van der Waals surface area contributed by atoms with E-state index in [9.17, 15) is 4.79 Å². The van der Waals surface area contributed by atoms with Gasteiger partial charge in [0.15, 0.2) is 0 Å². The highest BCUT2D eigenvalue weighted by Crippen LogP contribution is 2.39. The number of nitrogens with zero attached hydrogens (tertiary/aromatic N) is 6. The van der Waals surface area contributed by atoms with Crippen LogP contribution in [0, 0.1) is 6.92 Å². The Morgan fingerprint density at radius 1 is 1.24 bits per heavy atom. The molecule has 0 aromatic carbocycles. The van der Waals surface area contributed by atoms with Crippen molar-refractivity contribution < 1.29 is 4.79 Å². The smallest absolute Gasteiger partial charge is 0.272 e. The number of hydrogen-bond donors (Lipinski definition) is 0. The molecule has 0 spiro atoms. The van der Waals surface area contributed by atoms with E-state index in [4.69, 9.17) is 0 Å². The standard InChI is InChI=1S/C18H20N6O/c1-12-17(23-8-3-2-4-16(23)19-12)18(25)22-9-7-14(10-22)24-11-15(20-21-24)13-5-6-13/h2-4,8,11,13-14H,5-7,9-10H2,1H3. The van der Waals surface area contributed by atoms with Crippen LogP contribution >= 0.6 is 0 Å². The third-order valence-corrected chi connectivity index (χ3v) is 5.26. The minimum absolute atomic E-state index is 0.0428. The monoisotopic (exact) mass is 336 g/mol. The van der Waals surface area contributed by atoms with Gasteiger partial charge in [-0.05, 0) is 38.3 Å². The second-order valence-electron chi connectivity index (χ2n) is 7.07. The second kappa shape index (κ2) is 5.40. The van der Waals surface area contributed by atoms with Crippen molar-refractivity contribution in [1.82, 2.24) is 29.3 Å². The molecule has 2 aliphatic rings. The van der Waals surface area contributed by atoms with Crippen molar-refractivity contribution >= 4 is 11.6 Å². The van der Waals surface area contributed by atoms with E-state index in [1.54, 1.807) is 0 Å². The van der Waals surface area contributed by atoms with Crippen LogP contribution in [0.25, 0.3) is 5.65 Å². The summed E-state index contributed by atoms with van der Waals surface area (Å²) in [6.45, 7) is 3.31. The molecule has 1 saturated heterocycles. The first-order valence-electron chi connectivity index (χ1n) is 8.85. The zero-order valence-electron chi connectivity index (χ0n) is 14.2. The van der Waals surface area contributed by atoms with Crippen LogP contribution in [-0.2, 0) is 0 Å². The SMILES string of the molecule is Cc1nc2ccccn2c1C(=O)N1CCC(n2cc(C3CC3)nn2)C1. The fraction of sp³-hybridized carbons (Fsp3) is 0.444. The van der Waals surface area contributed by atoms with Gasteiger partial charge in [0.1, 0.15) is 11.3 Å². The quantitative estimate of drug-likeness (QED) is 0.735. The number of imidazole rings is 1. The minimum atomic E-state index is 0.0428. The maximum atomic E-state index is 13.1. The largest absolute Gasteiger partial charge is 0.335 e. The maximum absolute atomic E-state index is 13.1. The van der Waals surface area contributed by atoms with Gasteiger partial charge in [-0.3, -0.25) is 9.20 Å². The summed E-state index contributed by atoms with van der Waals surface area (Å²) in [5, 5.41) is 8.59. The Hall–Kier alpha value is -2.70. The van der Waals surface area contributed by atoms with Gasteiger partial charge in [-0.25, -0.2) is 9.67 Å². The van der Waals surface area contributed by atoms with Gasteiger partial charge in [0.2, 0.25) is 0 Å². The molecule has 0 N–H and O–H groups in total. The molecule has 3 aromatic heterocycles. The lowest BCUT2D eigenvalue weighted by Crippen LogP contribution is -2.30. The number of hydrogen-bond acceptors (Lipinski definition) is 4. The van der Waals surface area contributed by atoms with E-state index >= 15 is 0 Å². The van der Waals surface area contributed by atoms with Crippen molar-refractivity contribution in [2.45, 2.75) is 38.1 Å². The van der Waals surface area contributed by atoms with E-state index < -0.39 is 0 Å². The van der Waals surface area contributed by atoms with Crippen LogP contribution in [-0.4, -0.2) is 48.3 Å². The molecule has 0 radical (unpaired) electrons. The van der Waals surface area contributed by atoms with Gasteiger partial charge in [0, 0.05) is 31.4 Å². The van der Waals surface area contributed by atoms with E-state index in [1.165, 1.54) is 12.8 Å². The van der Waals surface area contributed by atoms with Crippen LogP contribution in [0.15, 0.2) is 30.6 Å². The van der Waals surface area contributed by atoms with E-state index in [-0.39, 0.29) is 11.9 Å². The molecule has 7 nitrogen and oxygen atoms in total. The first-order chi connectivity index (χ1) is 12.2. The van der Waals surface area contributed by atoms with Crippen LogP contribution in [0.2, 0.25) is 0 Å². The Morgan fingerprint density at radius 2 is 2.12 bits per heavy atom. The number of aryl methyl sites for hydroxylation is 1. The molecule has 4 heterocycles. The fourth-order valence-corrected chi connectivity index (χ4v) is 3.70. The molecule has 0 bridgehead atoms. The van der Waals surface area contributed by atoms with Gasteiger partial charge < -0.3 is 4.90 Å². The lowest BCUT2D eigenvalue weighted by atomic mass is 10.2. The van der Waals surface area contributed by atoms with Crippen molar-refractivity contribution in [1.29, 1.82) is 0 Å². The molecule has 1 amide bonds. The molecular weight excluding hydrogens is 316 g/mol. The Kier molecular flexibility index (Phi) is 3.16. The third kappa shape index (κ3) is 2.42. The van der Waals surface area contributed by atoms with Crippen molar-refractivity contribution in [2.75, 3.05) is 13.1 Å². The van der Waals surface area contributed by atoms with Crippen molar-refractivity contribution in [2.24, 2.45) is 0 Å². The van der Waals surface area contributed by atoms with Gasteiger partial charge in [-0.1, -0.05) is 11.3 Å². The number of carbonyl (C=O) groups is 1. The minimum Gasteiger partial charge on any atom is -0.335 e. The van der Waals surface area contributed by atoms with Gasteiger partial charge in [0.05, 0.1) is 17.4 Å². The van der Waals surface area contributed by atoms with Gasteiger partial charge in [-0.15, -0.1) is 5.10 Å². The Bertz CT molecular complexity index is 954. The summed E-state index contributed by atoms with van der Waals surface area (Å²) in [5.74, 6) is 0.648. The molecule has 2 fully saturated rings. The molecule has 1 aliphatic heterocycles. The normalized spacial score (nSPS) is 20.5. The summed E-state index contributed by atoms with van der Waals surface area (Å²) in [6.07, 6.45) is 7.32. The number of rotatable bonds is 3. The first-order valence-corrected chi connectivity index (χ1v) is 8.85. The van der Waals surface area contributed by atoms with Crippen LogP contribution in [0.1, 0.15) is 53.1 Å². The Morgan fingerprint density at radius 3 is 2.96 bits per heavy atom. The van der Waals surface area contributed by atoms with Crippen molar-refractivity contribution in [3.05, 3.63) is 47.7 Å². The summed E-state index contributed by atoms with van der Waals surface area (Å²) in [5.41, 5.74) is 3.34. The summed E-state index contributed by atoms with van der Waals surface area (Å²) in [6, 6.07) is 5.99. The molecule has 1 saturated carbocycles. The van der Waals surface area contributed by atoms with Gasteiger partial charge >= 0.3 is 0 Å². The highest BCUT2D eigenvalue weighted by atomic mass is 16.2. The van der Waals surface area contributed by atoms with E-state index in [2.05, 4.69) is 21.5 Å². The molecule has 7 heteroatoms. The Balaban J connectivity index is 1.38. The van der Waals surface area contributed by atoms with E-state index in [0.717, 1.165) is 30.0 Å². The number of pyridine rings is 1. The highest BCUT2D eigenvalue weighted by Gasteiger charge is 2.32. The predicted octanol–water partition coefficient (Wildman–Crippen LogP) is 2.20. The summed E-state index contributed by atoms with van der Waals surface area (Å²) in [4.78, 5) is 19.5. The summed E-state index contributed by atoms with van der Waals surface area (Å²) >= 11 is 0. The number of likely N-dealkylation sites (tertiary alicyclic amines) is 1. The lowest BCUT2D eigenvalue weighted by Gasteiger charge is -2.16. The van der Waals surface area contributed by atoms with Crippen molar-refractivity contribution in [3.63, 3.8) is 0 Å². The number of aromatic nitrogens is 5. The summed E-state index contributed by atoms with van der Waals surface area (Å²) in [7, 11) is 0. The van der Waals surface area contributed by atoms with Crippen LogP contribution in [0.5, 0.6) is 0 Å². The van der Waals surface area contributed by atoms with Crippen LogP contribution in [0.3, 0.4) is 0 Å². The van der Waals surface area contributed by atoms with Crippen LogP contribution in [0.4, 0.5) is 0 Å². The molecule has 1 atom stereocenters. The number of carbonyl (C=O) groups excluding carboxylic acids is 1. The van der Waals surface area contributed by atoms with Crippen LogP contribution < -0.4 is 0 Å². The second-order valence-corrected chi connectivity index (χ2v) is 7.07. The fourth-order valence-electron chi connectivity index (χ4n) is 3.70. The predicted molar refractivity (Wildman–Crippen MR) is 91.5 cm³/mol. The molecule has 1 unspecified atom stereocenters. The molecule has 3 aromatic rings. The maximum Gasteiger partial charge on any atom is 0.272 e.